The summed E-state index contributed by atoms with van der Waals surface area (Å²) in [6, 6.07) is 4.39. The molecule has 6 heteroatoms. The number of rotatable bonds is 8. The highest BCUT2D eigenvalue weighted by Crippen LogP contribution is 2.24. The number of nitrogens with zero attached hydrogens (tertiary/aromatic N) is 2. The van der Waals surface area contributed by atoms with Gasteiger partial charge >= 0.3 is 5.97 Å². The van der Waals surface area contributed by atoms with E-state index in [1.54, 1.807) is 12.3 Å². The fraction of sp³-hybridized carbons (Fsp3) is 0.474. The molecule has 1 N–H and O–H groups in total. The van der Waals surface area contributed by atoms with Crippen LogP contribution in [0.3, 0.4) is 0 Å². The van der Waals surface area contributed by atoms with E-state index in [9.17, 15) is 4.79 Å². The molecule has 0 aliphatic heterocycles. The maximum atomic E-state index is 11.7. The summed E-state index contributed by atoms with van der Waals surface area (Å²) < 4.78 is 5.00. The number of carbonyl (C=O) groups is 1. The van der Waals surface area contributed by atoms with Crippen LogP contribution in [0, 0.1) is 13.8 Å². The molecule has 0 amide bonds. The maximum absolute atomic E-state index is 11.7. The molecule has 136 valence electrons. The van der Waals surface area contributed by atoms with E-state index in [0.717, 1.165) is 30.3 Å². The second-order valence-corrected chi connectivity index (χ2v) is 7.07. The molecule has 0 unspecified atom stereocenters. The third-order valence-electron chi connectivity index (χ3n) is 4.14. The van der Waals surface area contributed by atoms with Gasteiger partial charge in [0.15, 0.2) is 5.69 Å². The van der Waals surface area contributed by atoms with E-state index >= 15 is 0 Å². The minimum absolute atomic E-state index is 0.350. The third-order valence-corrected chi connectivity index (χ3v) is 4.99. The summed E-state index contributed by atoms with van der Waals surface area (Å²) >= 11 is 1.50. The van der Waals surface area contributed by atoms with Crippen LogP contribution >= 0.6 is 11.3 Å². The molecule has 0 aliphatic rings. The SMILES string of the molecule is CCOC(=O)c1csc(Cc2cc(C)c(NCN(C)CC)cc2C)n1. The fourth-order valence-corrected chi connectivity index (χ4v) is 3.23. The molecule has 0 bridgehead atoms. The third kappa shape index (κ3) is 5.28. The molecule has 0 spiro atoms. The van der Waals surface area contributed by atoms with Gasteiger partial charge in [0.2, 0.25) is 0 Å². The van der Waals surface area contributed by atoms with Gasteiger partial charge in [-0.15, -0.1) is 11.3 Å². The van der Waals surface area contributed by atoms with Crippen LogP contribution in [0.25, 0.3) is 0 Å². The maximum Gasteiger partial charge on any atom is 0.357 e. The molecular weight excluding hydrogens is 334 g/mol. The standard InChI is InChI=1S/C19H27N3O2S/c1-6-22(5)12-20-16-9-13(3)15(8-14(16)4)10-18-21-17(11-25-18)19(23)24-7-2/h8-9,11,20H,6-7,10,12H2,1-5H3. The lowest BCUT2D eigenvalue weighted by atomic mass is 10.0. The fourth-order valence-electron chi connectivity index (χ4n) is 2.44. The Morgan fingerprint density at radius 1 is 1.28 bits per heavy atom. The quantitative estimate of drug-likeness (QED) is 0.572. The first-order valence-electron chi connectivity index (χ1n) is 8.58. The minimum atomic E-state index is -0.350. The van der Waals surface area contributed by atoms with Gasteiger partial charge in [-0.3, -0.25) is 4.90 Å². The van der Waals surface area contributed by atoms with E-state index in [1.165, 1.54) is 28.0 Å². The lowest BCUT2D eigenvalue weighted by Crippen LogP contribution is -2.25. The second kappa shape index (κ2) is 8.97. The van der Waals surface area contributed by atoms with Crippen LogP contribution in [0.2, 0.25) is 0 Å². The Hall–Kier alpha value is -1.92. The number of nitrogens with one attached hydrogen (secondary N) is 1. The topological polar surface area (TPSA) is 54.5 Å². The molecule has 0 saturated carbocycles. The van der Waals surface area contributed by atoms with Crippen molar-refractivity contribution in [3.05, 3.63) is 44.9 Å². The Morgan fingerprint density at radius 3 is 2.72 bits per heavy atom. The van der Waals surface area contributed by atoms with Crippen molar-refractivity contribution < 1.29 is 9.53 Å². The number of carbonyl (C=O) groups excluding carboxylic acids is 1. The summed E-state index contributed by atoms with van der Waals surface area (Å²) in [5.41, 5.74) is 5.23. The van der Waals surface area contributed by atoms with Crippen LogP contribution in [0.1, 0.15) is 46.0 Å². The molecule has 2 aromatic rings. The summed E-state index contributed by atoms with van der Waals surface area (Å²) in [6.07, 6.45) is 0.728. The number of anilines is 1. The Bertz CT molecular complexity index is 727. The highest BCUT2D eigenvalue weighted by molar-refractivity contribution is 7.09. The van der Waals surface area contributed by atoms with Crippen LogP contribution in [-0.4, -0.2) is 42.7 Å². The average Bonchev–Trinajstić information content (AvgIpc) is 3.05. The van der Waals surface area contributed by atoms with Crippen LogP contribution in [0.5, 0.6) is 0 Å². The van der Waals surface area contributed by atoms with Crippen molar-refractivity contribution in [2.45, 2.75) is 34.1 Å². The highest BCUT2D eigenvalue weighted by atomic mass is 32.1. The molecule has 0 fully saturated rings. The molecule has 0 saturated heterocycles. The molecule has 1 aromatic heterocycles. The first-order valence-corrected chi connectivity index (χ1v) is 9.46. The largest absolute Gasteiger partial charge is 0.461 e. The van der Waals surface area contributed by atoms with Crippen LogP contribution in [0.15, 0.2) is 17.5 Å². The molecule has 5 nitrogen and oxygen atoms in total. The number of hydrogen-bond donors (Lipinski definition) is 1. The monoisotopic (exact) mass is 361 g/mol. The number of thiazole rings is 1. The Kier molecular flexibility index (Phi) is 6.96. The van der Waals surface area contributed by atoms with E-state index < -0.39 is 0 Å². The van der Waals surface area contributed by atoms with Gasteiger partial charge in [-0.05, 0) is 57.1 Å². The molecule has 25 heavy (non-hydrogen) atoms. The zero-order valence-corrected chi connectivity index (χ0v) is 16.5. The van der Waals surface area contributed by atoms with Gasteiger partial charge in [-0.25, -0.2) is 9.78 Å². The van der Waals surface area contributed by atoms with Crippen molar-refractivity contribution in [1.29, 1.82) is 0 Å². The van der Waals surface area contributed by atoms with Crippen LogP contribution in [0.4, 0.5) is 5.69 Å². The van der Waals surface area contributed by atoms with Crippen molar-refractivity contribution in [3.63, 3.8) is 0 Å². The van der Waals surface area contributed by atoms with E-state index in [2.05, 4.69) is 55.2 Å². The van der Waals surface area contributed by atoms with E-state index in [4.69, 9.17) is 4.74 Å². The smallest absolute Gasteiger partial charge is 0.357 e. The molecule has 1 aromatic carbocycles. The number of ether oxygens (including phenoxy) is 1. The Labute approximate surface area is 154 Å². The van der Waals surface area contributed by atoms with Gasteiger partial charge < -0.3 is 10.1 Å². The molecule has 0 atom stereocenters. The van der Waals surface area contributed by atoms with Crippen molar-refractivity contribution in [1.82, 2.24) is 9.88 Å². The summed E-state index contributed by atoms with van der Waals surface area (Å²) in [5, 5.41) is 6.18. The second-order valence-electron chi connectivity index (χ2n) is 6.12. The molecule has 2 rings (SSSR count). The van der Waals surface area contributed by atoms with E-state index in [-0.39, 0.29) is 5.97 Å². The first kappa shape index (κ1) is 19.4. The number of hydrogen-bond acceptors (Lipinski definition) is 6. The summed E-state index contributed by atoms with van der Waals surface area (Å²) in [6.45, 7) is 10.4. The van der Waals surface area contributed by atoms with E-state index in [1.807, 2.05) is 0 Å². The summed E-state index contributed by atoms with van der Waals surface area (Å²) in [7, 11) is 2.09. The van der Waals surface area contributed by atoms with Gasteiger partial charge in [0, 0.05) is 17.5 Å². The first-order chi connectivity index (χ1) is 11.9. The number of benzene rings is 1. The van der Waals surface area contributed by atoms with Gasteiger partial charge in [0.25, 0.3) is 0 Å². The predicted molar refractivity (Wildman–Crippen MR) is 104 cm³/mol. The van der Waals surface area contributed by atoms with Crippen LogP contribution in [-0.2, 0) is 11.2 Å². The average molecular weight is 362 g/mol. The molecular formula is C19H27N3O2S. The van der Waals surface area contributed by atoms with Gasteiger partial charge in [-0.1, -0.05) is 13.0 Å². The lowest BCUT2D eigenvalue weighted by Gasteiger charge is -2.18. The summed E-state index contributed by atoms with van der Waals surface area (Å²) in [4.78, 5) is 18.4. The number of esters is 1. The normalized spacial score (nSPS) is 11.0. The minimum Gasteiger partial charge on any atom is -0.461 e. The lowest BCUT2D eigenvalue weighted by molar-refractivity contribution is 0.0520. The molecule has 1 heterocycles. The van der Waals surface area contributed by atoms with Gasteiger partial charge in [-0.2, -0.15) is 0 Å². The van der Waals surface area contributed by atoms with Crippen molar-refractivity contribution in [2.24, 2.45) is 0 Å². The zero-order chi connectivity index (χ0) is 18.4. The Balaban J connectivity index is 2.10. The summed E-state index contributed by atoms with van der Waals surface area (Å²) in [5.74, 6) is -0.350. The molecule has 0 radical (unpaired) electrons. The van der Waals surface area contributed by atoms with Crippen molar-refractivity contribution in [2.75, 3.05) is 32.2 Å². The number of aryl methyl sites for hydroxylation is 2. The zero-order valence-electron chi connectivity index (χ0n) is 15.7. The molecule has 0 aliphatic carbocycles. The van der Waals surface area contributed by atoms with Crippen molar-refractivity contribution >= 4 is 23.0 Å². The van der Waals surface area contributed by atoms with Gasteiger partial charge in [0.05, 0.1) is 18.3 Å². The van der Waals surface area contributed by atoms with Gasteiger partial charge in [0.1, 0.15) is 0 Å². The Morgan fingerprint density at radius 2 is 2.04 bits per heavy atom. The van der Waals surface area contributed by atoms with Crippen LogP contribution < -0.4 is 5.32 Å². The van der Waals surface area contributed by atoms with E-state index in [0.29, 0.717) is 12.3 Å². The number of aromatic nitrogens is 1. The predicted octanol–water partition coefficient (Wildman–Crippen LogP) is 3.85. The highest BCUT2D eigenvalue weighted by Gasteiger charge is 2.13. The van der Waals surface area contributed by atoms with Crippen molar-refractivity contribution in [3.8, 4) is 0 Å².